The molecule has 0 radical (unpaired) electrons. The number of unbranched alkanes of at least 4 members (excludes halogenated alkanes) is 1. The van der Waals surface area contributed by atoms with E-state index < -0.39 is 0 Å². The van der Waals surface area contributed by atoms with Crippen molar-refractivity contribution in [2.75, 3.05) is 13.6 Å². The summed E-state index contributed by atoms with van der Waals surface area (Å²) in [7, 11) is 1.73. The zero-order chi connectivity index (χ0) is 18.4. The molecule has 2 aromatic rings. The first-order valence-electron chi connectivity index (χ1n) is 8.36. The van der Waals surface area contributed by atoms with Crippen LogP contribution in [0.2, 0.25) is 0 Å². The zero-order valence-electron chi connectivity index (χ0n) is 14.9. The van der Waals surface area contributed by atoms with Gasteiger partial charge in [0, 0.05) is 30.8 Å². The fourth-order valence-electron chi connectivity index (χ4n) is 2.36. The first-order valence-corrected chi connectivity index (χ1v) is 8.36. The second-order valence-electron chi connectivity index (χ2n) is 6.02. The molecule has 1 heterocycles. The van der Waals surface area contributed by atoms with E-state index in [1.54, 1.807) is 42.3 Å². The molecule has 0 saturated carbocycles. The second-order valence-corrected chi connectivity index (χ2v) is 6.02. The van der Waals surface area contributed by atoms with E-state index >= 15 is 0 Å². The molecule has 0 saturated heterocycles. The van der Waals surface area contributed by atoms with Gasteiger partial charge in [-0.15, -0.1) is 0 Å². The van der Waals surface area contributed by atoms with Crippen LogP contribution in [0.1, 0.15) is 37.0 Å². The summed E-state index contributed by atoms with van der Waals surface area (Å²) in [6.07, 6.45) is 1.93. The molecule has 25 heavy (non-hydrogen) atoms. The van der Waals surface area contributed by atoms with Gasteiger partial charge < -0.3 is 4.90 Å². The number of carbonyl (C=O) groups is 2. The lowest BCUT2D eigenvalue weighted by atomic mass is 10.1. The highest BCUT2D eigenvalue weighted by Crippen LogP contribution is 2.16. The molecule has 0 aliphatic carbocycles. The van der Waals surface area contributed by atoms with Crippen LogP contribution >= 0.6 is 0 Å². The summed E-state index contributed by atoms with van der Waals surface area (Å²) in [4.78, 5) is 37.2. The average molecular weight is 341 g/mol. The topological polar surface area (TPSA) is 72.3 Å². The quantitative estimate of drug-likeness (QED) is 0.725. The molecular formula is C19H23N3O3. The first kappa shape index (κ1) is 18.6. The Morgan fingerprint density at radius 2 is 1.80 bits per heavy atom. The number of rotatable bonds is 7. The van der Waals surface area contributed by atoms with Gasteiger partial charge >= 0.3 is 0 Å². The Hall–Kier alpha value is -2.76. The third kappa shape index (κ3) is 4.86. The molecule has 2 rings (SSSR count). The molecule has 0 unspecified atom stereocenters. The standard InChI is InChI=1S/C19H23N3O3/c1-4-5-12-21(3)19(25)13-22-18(24)11-10-17(20-22)16-8-6-15(7-9-16)14(2)23/h6-11H,4-5,12-13H2,1-3H3. The molecular weight excluding hydrogens is 318 g/mol. The molecule has 0 atom stereocenters. The predicted molar refractivity (Wildman–Crippen MR) is 96.5 cm³/mol. The second kappa shape index (κ2) is 8.37. The van der Waals surface area contributed by atoms with Crippen LogP contribution in [0.15, 0.2) is 41.2 Å². The lowest BCUT2D eigenvalue weighted by Crippen LogP contribution is -2.35. The molecule has 0 aliphatic rings. The van der Waals surface area contributed by atoms with Crippen molar-refractivity contribution in [3.8, 4) is 11.3 Å². The van der Waals surface area contributed by atoms with E-state index in [1.165, 1.54) is 17.7 Å². The summed E-state index contributed by atoms with van der Waals surface area (Å²) in [5, 5.41) is 4.29. The Morgan fingerprint density at radius 1 is 1.12 bits per heavy atom. The van der Waals surface area contributed by atoms with Crippen LogP contribution in [0.25, 0.3) is 11.3 Å². The maximum Gasteiger partial charge on any atom is 0.267 e. The number of nitrogens with zero attached hydrogens (tertiary/aromatic N) is 3. The van der Waals surface area contributed by atoms with Crippen LogP contribution < -0.4 is 5.56 Å². The molecule has 0 spiro atoms. The van der Waals surface area contributed by atoms with Gasteiger partial charge in [0.15, 0.2) is 5.78 Å². The summed E-state index contributed by atoms with van der Waals surface area (Å²) < 4.78 is 1.18. The fraction of sp³-hybridized carbons (Fsp3) is 0.368. The lowest BCUT2D eigenvalue weighted by molar-refractivity contribution is -0.130. The molecule has 0 N–H and O–H groups in total. The van der Waals surface area contributed by atoms with E-state index in [0.29, 0.717) is 17.8 Å². The largest absolute Gasteiger partial charge is 0.344 e. The van der Waals surface area contributed by atoms with Crippen LogP contribution in [-0.4, -0.2) is 40.0 Å². The van der Waals surface area contributed by atoms with E-state index in [1.807, 2.05) is 0 Å². The number of aromatic nitrogens is 2. The van der Waals surface area contributed by atoms with Gasteiger partial charge in [-0.25, -0.2) is 4.68 Å². The number of hydrogen-bond donors (Lipinski definition) is 0. The SMILES string of the molecule is CCCCN(C)C(=O)Cn1nc(-c2ccc(C(C)=O)cc2)ccc1=O. The molecule has 1 amide bonds. The minimum Gasteiger partial charge on any atom is -0.344 e. The van der Waals surface area contributed by atoms with Gasteiger partial charge in [0.2, 0.25) is 5.91 Å². The van der Waals surface area contributed by atoms with Gasteiger partial charge in [0.1, 0.15) is 6.54 Å². The third-order valence-electron chi connectivity index (χ3n) is 4.01. The van der Waals surface area contributed by atoms with Crippen LogP contribution in [0, 0.1) is 0 Å². The van der Waals surface area contributed by atoms with Crippen LogP contribution in [0.5, 0.6) is 0 Å². The maximum atomic E-state index is 12.2. The number of Topliss-reactive ketones (excluding diaryl/α,β-unsaturated/α-hetero) is 1. The summed E-state index contributed by atoms with van der Waals surface area (Å²) in [6.45, 7) is 4.15. The minimum atomic E-state index is -0.318. The van der Waals surface area contributed by atoms with Crippen molar-refractivity contribution in [1.29, 1.82) is 0 Å². The van der Waals surface area contributed by atoms with E-state index in [4.69, 9.17) is 0 Å². The maximum absolute atomic E-state index is 12.2. The number of carbonyl (C=O) groups excluding carboxylic acids is 2. The van der Waals surface area contributed by atoms with Gasteiger partial charge in [-0.1, -0.05) is 37.6 Å². The van der Waals surface area contributed by atoms with Crippen LogP contribution in [-0.2, 0) is 11.3 Å². The molecule has 0 aliphatic heterocycles. The zero-order valence-corrected chi connectivity index (χ0v) is 14.9. The summed E-state index contributed by atoms with van der Waals surface area (Å²) in [5.41, 5.74) is 1.66. The Labute approximate surface area is 147 Å². The monoisotopic (exact) mass is 341 g/mol. The molecule has 0 bridgehead atoms. The molecule has 6 nitrogen and oxygen atoms in total. The fourth-order valence-corrected chi connectivity index (χ4v) is 2.36. The summed E-state index contributed by atoms with van der Waals surface area (Å²) in [6, 6.07) is 10.0. The van der Waals surface area contributed by atoms with Gasteiger partial charge in [-0.3, -0.25) is 14.4 Å². The third-order valence-corrected chi connectivity index (χ3v) is 4.01. The van der Waals surface area contributed by atoms with Gasteiger partial charge in [0.05, 0.1) is 5.69 Å². The summed E-state index contributed by atoms with van der Waals surface area (Å²) >= 11 is 0. The normalized spacial score (nSPS) is 10.5. The van der Waals surface area contributed by atoms with Crippen molar-refractivity contribution < 1.29 is 9.59 Å². The van der Waals surface area contributed by atoms with E-state index in [9.17, 15) is 14.4 Å². The summed E-state index contributed by atoms with van der Waals surface area (Å²) in [5.74, 6) is -0.155. The van der Waals surface area contributed by atoms with Crippen molar-refractivity contribution in [3.05, 3.63) is 52.3 Å². The van der Waals surface area contributed by atoms with Gasteiger partial charge in [-0.05, 0) is 19.4 Å². The Kier molecular flexibility index (Phi) is 6.22. The molecule has 0 fully saturated rings. The van der Waals surface area contributed by atoms with Crippen molar-refractivity contribution in [2.24, 2.45) is 0 Å². The Balaban J connectivity index is 2.21. The van der Waals surface area contributed by atoms with Crippen molar-refractivity contribution in [3.63, 3.8) is 0 Å². The first-order chi connectivity index (χ1) is 11.9. The number of benzene rings is 1. The number of ketones is 1. The highest BCUT2D eigenvalue weighted by molar-refractivity contribution is 5.94. The van der Waals surface area contributed by atoms with Crippen LogP contribution in [0.3, 0.4) is 0 Å². The van der Waals surface area contributed by atoms with E-state index in [-0.39, 0.29) is 23.8 Å². The average Bonchev–Trinajstić information content (AvgIpc) is 2.61. The highest BCUT2D eigenvalue weighted by atomic mass is 16.2. The Morgan fingerprint density at radius 3 is 2.40 bits per heavy atom. The van der Waals surface area contributed by atoms with Gasteiger partial charge in [0.25, 0.3) is 5.56 Å². The molecule has 132 valence electrons. The number of amides is 1. The van der Waals surface area contributed by atoms with Crippen molar-refractivity contribution >= 4 is 11.7 Å². The molecule has 1 aromatic carbocycles. The number of likely N-dealkylation sites (N-methyl/N-ethyl adjacent to an activating group) is 1. The predicted octanol–water partition coefficient (Wildman–Crippen LogP) is 2.37. The highest BCUT2D eigenvalue weighted by Gasteiger charge is 2.12. The van der Waals surface area contributed by atoms with Gasteiger partial charge in [-0.2, -0.15) is 5.10 Å². The smallest absolute Gasteiger partial charge is 0.267 e. The van der Waals surface area contributed by atoms with Crippen molar-refractivity contribution in [2.45, 2.75) is 33.2 Å². The molecule has 1 aromatic heterocycles. The molecule has 6 heteroatoms. The van der Waals surface area contributed by atoms with Crippen LogP contribution in [0.4, 0.5) is 0 Å². The van der Waals surface area contributed by atoms with E-state index in [0.717, 1.165) is 18.4 Å². The van der Waals surface area contributed by atoms with E-state index in [2.05, 4.69) is 12.0 Å². The number of hydrogen-bond acceptors (Lipinski definition) is 4. The van der Waals surface area contributed by atoms with Crippen molar-refractivity contribution in [1.82, 2.24) is 14.7 Å². The minimum absolute atomic E-state index is 0.00908. The lowest BCUT2D eigenvalue weighted by Gasteiger charge is -2.17. The Bertz CT molecular complexity index is 809.